The zero-order chi connectivity index (χ0) is 14.9. The van der Waals surface area contributed by atoms with Gasteiger partial charge in [-0.3, -0.25) is 4.79 Å². The molecule has 1 heterocycles. The Morgan fingerprint density at radius 2 is 2.00 bits per heavy atom. The summed E-state index contributed by atoms with van der Waals surface area (Å²) in [7, 11) is -3.81. The van der Waals surface area contributed by atoms with E-state index in [9.17, 15) is 17.6 Å². The number of amides is 1. The van der Waals surface area contributed by atoms with Crippen LogP contribution < -0.4 is 5.73 Å². The molecular weight excluding hydrogens is 283 g/mol. The van der Waals surface area contributed by atoms with Crippen molar-refractivity contribution in [1.29, 1.82) is 0 Å². The Morgan fingerprint density at radius 3 is 2.50 bits per heavy atom. The van der Waals surface area contributed by atoms with Gasteiger partial charge in [0.25, 0.3) is 0 Å². The predicted molar refractivity (Wildman–Crippen MR) is 72.2 cm³/mol. The lowest BCUT2D eigenvalue weighted by atomic mass is 10.3. The molecule has 2 atom stereocenters. The summed E-state index contributed by atoms with van der Waals surface area (Å²) in [5, 5.41) is -1.20. The van der Waals surface area contributed by atoms with Crippen molar-refractivity contribution in [1.82, 2.24) is 4.90 Å². The third kappa shape index (κ3) is 2.83. The van der Waals surface area contributed by atoms with Crippen molar-refractivity contribution in [3.05, 3.63) is 30.1 Å². The number of sulfone groups is 1. The summed E-state index contributed by atoms with van der Waals surface area (Å²) in [5.74, 6) is -0.976. The minimum absolute atomic E-state index is 0.0526. The Kier molecular flexibility index (Phi) is 4.10. The Hall–Kier alpha value is -1.47. The first-order valence-corrected chi connectivity index (χ1v) is 7.91. The number of halogens is 1. The number of carbonyl (C=O) groups is 1. The molecule has 20 heavy (non-hydrogen) atoms. The van der Waals surface area contributed by atoms with Gasteiger partial charge in [-0.15, -0.1) is 0 Å². The number of nitrogens with zero attached hydrogens (tertiary/aromatic N) is 1. The standard InChI is InChI=1S/C13H17FN2O3S/c1-9(13(17)16-7-6-11(15)8-16)20(18,19)12-4-2-10(14)3-5-12/h2-5,9,11H,6-8,15H2,1H3/t9?,11-/m1/s1. The van der Waals surface area contributed by atoms with Gasteiger partial charge in [0.05, 0.1) is 4.90 Å². The summed E-state index contributed by atoms with van der Waals surface area (Å²) in [5.41, 5.74) is 5.71. The molecule has 1 saturated heterocycles. The number of benzene rings is 1. The van der Waals surface area contributed by atoms with Crippen LogP contribution in [0.15, 0.2) is 29.2 Å². The molecule has 0 aromatic heterocycles. The van der Waals surface area contributed by atoms with Crippen LogP contribution in [-0.4, -0.2) is 43.6 Å². The van der Waals surface area contributed by atoms with Crippen LogP contribution in [0.1, 0.15) is 13.3 Å². The molecule has 1 unspecified atom stereocenters. The molecule has 0 bridgehead atoms. The molecule has 2 rings (SSSR count). The molecule has 0 saturated carbocycles. The highest BCUT2D eigenvalue weighted by atomic mass is 32.2. The van der Waals surface area contributed by atoms with Crippen LogP contribution in [0.2, 0.25) is 0 Å². The van der Waals surface area contributed by atoms with Crippen molar-refractivity contribution in [2.24, 2.45) is 5.73 Å². The number of likely N-dealkylation sites (tertiary alicyclic amines) is 1. The highest BCUT2D eigenvalue weighted by Crippen LogP contribution is 2.20. The van der Waals surface area contributed by atoms with Gasteiger partial charge in [0.15, 0.2) is 9.84 Å². The Labute approximate surface area is 117 Å². The molecule has 110 valence electrons. The van der Waals surface area contributed by atoms with Crippen LogP contribution in [0, 0.1) is 5.82 Å². The number of nitrogens with two attached hydrogens (primary N) is 1. The van der Waals surface area contributed by atoms with Gasteiger partial charge >= 0.3 is 0 Å². The lowest BCUT2D eigenvalue weighted by molar-refractivity contribution is -0.129. The van der Waals surface area contributed by atoms with Gasteiger partial charge in [0.2, 0.25) is 5.91 Å². The van der Waals surface area contributed by atoms with Gasteiger partial charge in [-0.2, -0.15) is 0 Å². The highest BCUT2D eigenvalue weighted by molar-refractivity contribution is 7.92. The second kappa shape index (κ2) is 5.49. The minimum atomic E-state index is -3.81. The van der Waals surface area contributed by atoms with E-state index in [1.54, 1.807) is 0 Å². The minimum Gasteiger partial charge on any atom is -0.340 e. The van der Waals surface area contributed by atoms with Gasteiger partial charge in [-0.25, -0.2) is 12.8 Å². The summed E-state index contributed by atoms with van der Waals surface area (Å²) < 4.78 is 37.5. The third-order valence-corrected chi connectivity index (χ3v) is 5.55. The number of carbonyl (C=O) groups excluding carboxylic acids is 1. The maximum Gasteiger partial charge on any atom is 0.241 e. The fourth-order valence-corrected chi connectivity index (χ4v) is 3.54. The Morgan fingerprint density at radius 1 is 1.40 bits per heavy atom. The van der Waals surface area contributed by atoms with Crippen LogP contribution in [0.4, 0.5) is 4.39 Å². The zero-order valence-electron chi connectivity index (χ0n) is 11.1. The number of hydrogen-bond donors (Lipinski definition) is 1. The van der Waals surface area contributed by atoms with Gasteiger partial charge in [-0.05, 0) is 37.6 Å². The van der Waals surface area contributed by atoms with E-state index in [-0.39, 0.29) is 10.9 Å². The van der Waals surface area contributed by atoms with E-state index in [0.717, 1.165) is 12.1 Å². The summed E-state index contributed by atoms with van der Waals surface area (Å²) in [6.45, 7) is 2.20. The normalized spacial score (nSPS) is 20.9. The molecule has 7 heteroatoms. The van der Waals surface area contributed by atoms with E-state index in [4.69, 9.17) is 5.73 Å². The predicted octanol–water partition coefficient (Wildman–Crippen LogP) is 0.547. The molecular formula is C13H17FN2O3S. The van der Waals surface area contributed by atoms with Crippen molar-refractivity contribution < 1.29 is 17.6 Å². The summed E-state index contributed by atoms with van der Waals surface area (Å²) >= 11 is 0. The molecule has 5 nitrogen and oxygen atoms in total. The zero-order valence-corrected chi connectivity index (χ0v) is 11.9. The quantitative estimate of drug-likeness (QED) is 0.827. The number of hydrogen-bond acceptors (Lipinski definition) is 4. The van der Waals surface area contributed by atoms with Crippen molar-refractivity contribution in [2.75, 3.05) is 13.1 Å². The first-order chi connectivity index (χ1) is 9.32. The largest absolute Gasteiger partial charge is 0.340 e. The third-order valence-electron chi connectivity index (χ3n) is 3.49. The van der Waals surface area contributed by atoms with Gasteiger partial charge in [0, 0.05) is 19.1 Å². The topological polar surface area (TPSA) is 80.5 Å². The molecule has 1 aliphatic rings. The van der Waals surface area contributed by atoms with Gasteiger partial charge < -0.3 is 10.6 Å². The van der Waals surface area contributed by atoms with Crippen molar-refractivity contribution in [3.8, 4) is 0 Å². The van der Waals surface area contributed by atoms with Crippen molar-refractivity contribution in [2.45, 2.75) is 29.5 Å². The van der Waals surface area contributed by atoms with E-state index in [2.05, 4.69) is 0 Å². The maximum atomic E-state index is 12.8. The average molecular weight is 300 g/mol. The number of rotatable bonds is 3. The smallest absolute Gasteiger partial charge is 0.241 e. The van der Waals surface area contributed by atoms with E-state index in [1.165, 1.54) is 24.0 Å². The van der Waals surface area contributed by atoms with Crippen LogP contribution in [0.3, 0.4) is 0 Å². The summed E-state index contributed by atoms with van der Waals surface area (Å²) in [6, 6.07) is 4.37. The van der Waals surface area contributed by atoms with E-state index >= 15 is 0 Å². The molecule has 0 aliphatic carbocycles. The lowest BCUT2D eigenvalue weighted by Crippen LogP contribution is -2.41. The monoisotopic (exact) mass is 300 g/mol. The summed E-state index contributed by atoms with van der Waals surface area (Å²) in [4.78, 5) is 13.6. The molecule has 0 spiro atoms. The van der Waals surface area contributed by atoms with Crippen molar-refractivity contribution in [3.63, 3.8) is 0 Å². The molecule has 0 radical (unpaired) electrons. The lowest BCUT2D eigenvalue weighted by Gasteiger charge is -2.20. The first-order valence-electron chi connectivity index (χ1n) is 6.36. The van der Waals surface area contributed by atoms with Crippen LogP contribution in [0.5, 0.6) is 0 Å². The Balaban J connectivity index is 2.20. The SMILES string of the molecule is CC(C(=O)N1CC[C@@H](N)C1)S(=O)(=O)c1ccc(F)cc1. The molecule has 1 aliphatic heterocycles. The van der Waals surface area contributed by atoms with Gasteiger partial charge in [-0.1, -0.05) is 0 Å². The highest BCUT2D eigenvalue weighted by Gasteiger charge is 2.35. The Bertz CT molecular complexity index is 601. The van der Waals surface area contributed by atoms with Crippen LogP contribution >= 0.6 is 0 Å². The molecule has 2 N–H and O–H groups in total. The first kappa shape index (κ1) is 14.9. The second-order valence-electron chi connectivity index (χ2n) is 4.97. The van der Waals surface area contributed by atoms with Gasteiger partial charge in [0.1, 0.15) is 11.1 Å². The van der Waals surface area contributed by atoms with Crippen LogP contribution in [-0.2, 0) is 14.6 Å². The average Bonchev–Trinajstić information content (AvgIpc) is 2.84. The maximum absolute atomic E-state index is 12.8. The fraction of sp³-hybridized carbons (Fsp3) is 0.462. The van der Waals surface area contributed by atoms with E-state index in [0.29, 0.717) is 19.5 Å². The molecule has 1 aromatic rings. The molecule has 1 amide bonds. The van der Waals surface area contributed by atoms with E-state index in [1.807, 2.05) is 0 Å². The summed E-state index contributed by atoms with van der Waals surface area (Å²) in [6.07, 6.45) is 0.676. The second-order valence-corrected chi connectivity index (χ2v) is 7.24. The van der Waals surface area contributed by atoms with E-state index < -0.39 is 26.8 Å². The molecule has 1 fully saturated rings. The molecule has 1 aromatic carbocycles. The fourth-order valence-electron chi connectivity index (χ4n) is 2.21. The van der Waals surface area contributed by atoms with Crippen molar-refractivity contribution >= 4 is 15.7 Å². The van der Waals surface area contributed by atoms with Crippen LogP contribution in [0.25, 0.3) is 0 Å².